The molecule has 0 radical (unpaired) electrons. The van der Waals surface area contributed by atoms with Gasteiger partial charge in [0.1, 0.15) is 12.8 Å². The molecule has 0 amide bonds. The van der Waals surface area contributed by atoms with Gasteiger partial charge in [-0.05, 0) is 44.7 Å². The van der Waals surface area contributed by atoms with Crippen LogP contribution < -0.4 is 5.32 Å². The first kappa shape index (κ1) is 10.9. The van der Waals surface area contributed by atoms with Crippen molar-refractivity contribution in [2.24, 2.45) is 17.8 Å². The molecule has 1 aliphatic carbocycles. The van der Waals surface area contributed by atoms with E-state index < -0.39 is 12.8 Å². The fraction of sp³-hybridized carbons (Fsp3) is 0.909. The van der Waals surface area contributed by atoms with Crippen molar-refractivity contribution in [3.8, 4) is 0 Å². The minimum atomic E-state index is -0.590. The zero-order chi connectivity index (χ0) is 10.8. The third-order valence-corrected chi connectivity index (χ3v) is 3.52. The first-order valence-corrected chi connectivity index (χ1v) is 5.68. The van der Waals surface area contributed by atoms with E-state index >= 15 is 0 Å². The maximum absolute atomic E-state index is 12.2. The van der Waals surface area contributed by atoms with Gasteiger partial charge < -0.3 is 10.1 Å². The summed E-state index contributed by atoms with van der Waals surface area (Å²) in [6.45, 7) is 3.04. The zero-order valence-corrected chi connectivity index (χ0v) is 9.04. The second-order valence-electron chi connectivity index (χ2n) is 4.75. The molecular weight excluding hydrogens is 197 g/mol. The van der Waals surface area contributed by atoms with Gasteiger partial charge in [0, 0.05) is 0 Å². The smallest absolute Gasteiger partial charge is 0.309 e. The largest absolute Gasteiger partial charge is 0.460 e. The highest BCUT2D eigenvalue weighted by molar-refractivity contribution is 5.73. The number of hydrogen-bond acceptors (Lipinski definition) is 3. The van der Waals surface area contributed by atoms with E-state index in [1.807, 2.05) is 0 Å². The van der Waals surface area contributed by atoms with Crippen LogP contribution in [-0.2, 0) is 9.53 Å². The molecule has 1 aliphatic heterocycles. The molecule has 0 aromatic heterocycles. The Kier molecular flexibility index (Phi) is 3.24. The molecule has 0 aromatic carbocycles. The second kappa shape index (κ2) is 4.47. The first-order chi connectivity index (χ1) is 7.20. The lowest BCUT2D eigenvalue weighted by atomic mass is 10.0. The molecule has 4 atom stereocenters. The highest BCUT2D eigenvalue weighted by atomic mass is 19.1. The number of carbonyl (C=O) groups excluding carboxylic acids is 1. The summed E-state index contributed by atoms with van der Waals surface area (Å²) in [6.07, 6.45) is 1.24. The molecule has 0 bridgehead atoms. The Hall–Kier alpha value is -0.640. The minimum Gasteiger partial charge on any atom is -0.460 e. The van der Waals surface area contributed by atoms with Crippen molar-refractivity contribution in [3.63, 3.8) is 0 Å². The number of fused-ring (bicyclic) bond motifs is 1. The van der Waals surface area contributed by atoms with Crippen molar-refractivity contribution >= 4 is 5.97 Å². The summed E-state index contributed by atoms with van der Waals surface area (Å²) in [4.78, 5) is 11.6. The van der Waals surface area contributed by atoms with Crippen LogP contribution >= 0.6 is 0 Å². The average molecular weight is 215 g/mol. The molecule has 2 rings (SSSR count). The summed E-state index contributed by atoms with van der Waals surface area (Å²) >= 11 is 0. The van der Waals surface area contributed by atoms with Crippen LogP contribution in [-0.4, -0.2) is 31.8 Å². The van der Waals surface area contributed by atoms with Gasteiger partial charge in [-0.25, -0.2) is 4.39 Å². The number of nitrogens with one attached hydrogen (secondary N) is 1. The molecule has 0 aromatic rings. The van der Waals surface area contributed by atoms with E-state index in [9.17, 15) is 9.18 Å². The molecular formula is C11H18FNO2. The van der Waals surface area contributed by atoms with E-state index in [2.05, 4.69) is 5.32 Å². The van der Waals surface area contributed by atoms with Crippen LogP contribution in [0.15, 0.2) is 0 Å². The fourth-order valence-corrected chi connectivity index (χ4v) is 2.68. The molecule has 2 unspecified atom stereocenters. The van der Waals surface area contributed by atoms with Gasteiger partial charge in [-0.3, -0.25) is 4.79 Å². The van der Waals surface area contributed by atoms with Crippen LogP contribution in [0.2, 0.25) is 0 Å². The van der Waals surface area contributed by atoms with Crippen molar-refractivity contribution in [3.05, 3.63) is 0 Å². The highest BCUT2D eigenvalue weighted by Crippen LogP contribution is 2.39. The Morgan fingerprint density at radius 1 is 1.47 bits per heavy atom. The molecule has 1 heterocycles. The Balaban J connectivity index is 1.83. The second-order valence-corrected chi connectivity index (χ2v) is 4.75. The number of carbonyl (C=O) groups is 1. The van der Waals surface area contributed by atoms with Crippen LogP contribution in [0.5, 0.6) is 0 Å². The number of esters is 1. The molecule has 0 spiro atoms. The van der Waals surface area contributed by atoms with Crippen molar-refractivity contribution in [1.82, 2.24) is 5.32 Å². The third kappa shape index (κ3) is 2.30. The van der Waals surface area contributed by atoms with Gasteiger partial charge in [-0.2, -0.15) is 0 Å². The van der Waals surface area contributed by atoms with E-state index in [0.717, 1.165) is 25.9 Å². The summed E-state index contributed by atoms with van der Waals surface area (Å²) in [5, 5.41) is 3.32. The van der Waals surface area contributed by atoms with Crippen molar-refractivity contribution in [2.45, 2.75) is 25.9 Å². The maximum atomic E-state index is 12.2. The lowest BCUT2D eigenvalue weighted by molar-refractivity contribution is -0.153. The predicted molar refractivity (Wildman–Crippen MR) is 54.1 cm³/mol. The zero-order valence-electron chi connectivity index (χ0n) is 9.04. The Bertz CT molecular complexity index is 235. The van der Waals surface area contributed by atoms with Gasteiger partial charge in [0.2, 0.25) is 0 Å². The van der Waals surface area contributed by atoms with Gasteiger partial charge in [0.25, 0.3) is 0 Å². The van der Waals surface area contributed by atoms with Crippen LogP contribution in [0.25, 0.3) is 0 Å². The van der Waals surface area contributed by atoms with Gasteiger partial charge in [0.05, 0.1) is 5.92 Å². The van der Waals surface area contributed by atoms with Crippen molar-refractivity contribution < 1.29 is 13.9 Å². The Morgan fingerprint density at radius 3 is 2.60 bits per heavy atom. The molecule has 1 N–H and O–H groups in total. The lowest BCUT2D eigenvalue weighted by Crippen LogP contribution is -2.24. The first-order valence-electron chi connectivity index (χ1n) is 5.68. The van der Waals surface area contributed by atoms with Crippen LogP contribution in [0, 0.1) is 17.8 Å². The van der Waals surface area contributed by atoms with Gasteiger partial charge >= 0.3 is 5.97 Å². The van der Waals surface area contributed by atoms with Gasteiger partial charge in [0.15, 0.2) is 0 Å². The molecule has 3 nitrogen and oxygen atoms in total. The fourth-order valence-electron chi connectivity index (χ4n) is 2.68. The monoisotopic (exact) mass is 215 g/mol. The standard InChI is InChI=1S/C11H18FNO2/c1-7(4-12)15-11(14)8-2-9-5-13-6-10(9)3-8/h7-10,13H,2-6H2,1H3/t7?,8?,9-,10+. The van der Waals surface area contributed by atoms with Gasteiger partial charge in [-0.1, -0.05) is 0 Å². The number of halogens is 1. The van der Waals surface area contributed by atoms with Crippen molar-refractivity contribution in [2.75, 3.05) is 19.8 Å². The molecule has 1 saturated heterocycles. The quantitative estimate of drug-likeness (QED) is 0.717. The molecule has 2 fully saturated rings. The summed E-state index contributed by atoms with van der Waals surface area (Å²) in [7, 11) is 0. The number of alkyl halides is 1. The van der Waals surface area contributed by atoms with E-state index in [4.69, 9.17) is 4.74 Å². The number of ether oxygens (including phenoxy) is 1. The third-order valence-electron chi connectivity index (χ3n) is 3.52. The Morgan fingerprint density at radius 2 is 2.07 bits per heavy atom. The van der Waals surface area contributed by atoms with E-state index in [1.165, 1.54) is 0 Å². The van der Waals surface area contributed by atoms with E-state index in [0.29, 0.717) is 11.8 Å². The van der Waals surface area contributed by atoms with Crippen LogP contribution in [0.1, 0.15) is 19.8 Å². The maximum Gasteiger partial charge on any atom is 0.309 e. The average Bonchev–Trinajstić information content (AvgIpc) is 2.76. The van der Waals surface area contributed by atoms with Crippen LogP contribution in [0.3, 0.4) is 0 Å². The summed E-state index contributed by atoms with van der Waals surface area (Å²) in [5.74, 6) is 1.07. The number of rotatable bonds is 3. The van der Waals surface area contributed by atoms with E-state index in [-0.39, 0.29) is 11.9 Å². The van der Waals surface area contributed by atoms with Crippen LogP contribution in [0.4, 0.5) is 4.39 Å². The molecule has 15 heavy (non-hydrogen) atoms. The molecule has 4 heteroatoms. The molecule has 86 valence electrons. The molecule has 2 aliphatic rings. The summed E-state index contributed by atoms with van der Waals surface area (Å²) < 4.78 is 17.2. The normalized spacial score (nSPS) is 36.3. The SMILES string of the molecule is CC(CF)OC(=O)C1C[C@H]2CNC[C@H]2C1. The highest BCUT2D eigenvalue weighted by Gasteiger charge is 2.41. The molecule has 1 saturated carbocycles. The summed E-state index contributed by atoms with van der Waals surface area (Å²) in [6, 6.07) is 0. The topological polar surface area (TPSA) is 38.3 Å². The predicted octanol–water partition coefficient (Wildman–Crippen LogP) is 1.13. The van der Waals surface area contributed by atoms with Gasteiger partial charge in [-0.15, -0.1) is 0 Å². The van der Waals surface area contributed by atoms with Crippen molar-refractivity contribution in [1.29, 1.82) is 0 Å². The number of hydrogen-bond donors (Lipinski definition) is 1. The minimum absolute atomic E-state index is 0.0103. The lowest BCUT2D eigenvalue weighted by Gasteiger charge is -2.14. The summed E-state index contributed by atoms with van der Waals surface area (Å²) in [5.41, 5.74) is 0. The van der Waals surface area contributed by atoms with E-state index in [1.54, 1.807) is 6.92 Å². The Labute approximate surface area is 89.4 Å².